The van der Waals surface area contributed by atoms with Crippen LogP contribution in [0.15, 0.2) is 49.1 Å². The second-order valence-electron chi connectivity index (χ2n) is 9.73. The number of fused-ring (bicyclic) bond motifs is 1. The average Bonchev–Trinajstić information content (AvgIpc) is 3.61. The Morgan fingerprint density at radius 1 is 1.05 bits per heavy atom. The van der Waals surface area contributed by atoms with Gasteiger partial charge in [-0.25, -0.2) is 4.98 Å². The molecule has 5 heterocycles. The molecule has 2 aliphatic heterocycles. The lowest BCUT2D eigenvalue weighted by Gasteiger charge is -2.23. The lowest BCUT2D eigenvalue weighted by atomic mass is 10.0. The number of hydrogen-bond acceptors (Lipinski definition) is 7. The summed E-state index contributed by atoms with van der Waals surface area (Å²) in [5.74, 6) is 0.619. The third-order valence-corrected chi connectivity index (χ3v) is 7.13. The van der Waals surface area contributed by atoms with Gasteiger partial charge < -0.3 is 23.9 Å². The summed E-state index contributed by atoms with van der Waals surface area (Å²) in [6.45, 7) is 3.37. The third-order valence-electron chi connectivity index (χ3n) is 7.13. The van der Waals surface area contributed by atoms with Crippen molar-refractivity contribution in [1.29, 1.82) is 5.26 Å². The van der Waals surface area contributed by atoms with Crippen LogP contribution in [0.25, 0.3) is 33.3 Å². The summed E-state index contributed by atoms with van der Waals surface area (Å²) in [4.78, 5) is 7.90. The molecule has 1 unspecified atom stereocenters. The molecule has 0 saturated carbocycles. The van der Waals surface area contributed by atoms with Crippen molar-refractivity contribution in [2.75, 3.05) is 26.4 Å². The molecular formula is C29H31N5O4. The Morgan fingerprint density at radius 3 is 2.82 bits per heavy atom. The Labute approximate surface area is 221 Å². The van der Waals surface area contributed by atoms with Crippen LogP contribution in [0.1, 0.15) is 37.7 Å². The van der Waals surface area contributed by atoms with E-state index < -0.39 is 0 Å². The predicted octanol–water partition coefficient (Wildman–Crippen LogP) is 5.07. The number of nitrogens with one attached hydrogen (secondary N) is 1. The number of ether oxygens (including phenoxy) is 4. The monoisotopic (exact) mass is 513 g/mol. The van der Waals surface area contributed by atoms with Gasteiger partial charge in [0.25, 0.3) is 0 Å². The first kappa shape index (κ1) is 24.6. The predicted molar refractivity (Wildman–Crippen MR) is 141 cm³/mol. The summed E-state index contributed by atoms with van der Waals surface area (Å²) < 4.78 is 24.9. The smallest absolute Gasteiger partial charge is 0.157 e. The molecule has 3 aromatic heterocycles. The summed E-state index contributed by atoms with van der Waals surface area (Å²) in [5, 5.41) is 15.3. The number of nitriles is 1. The minimum absolute atomic E-state index is 0.0784. The molecule has 38 heavy (non-hydrogen) atoms. The van der Waals surface area contributed by atoms with Gasteiger partial charge in [-0.2, -0.15) is 10.4 Å². The summed E-state index contributed by atoms with van der Waals surface area (Å²) in [6, 6.07) is 10.2. The highest BCUT2D eigenvalue weighted by atomic mass is 16.7. The SMILES string of the molecule is N#Cc1cc(-c2c[nH]c3ncc(-c4cnn(CCOC5CCCCO5)c4)cc23)ccc1OC1CCOCC1. The number of aromatic nitrogens is 4. The van der Waals surface area contributed by atoms with Crippen molar-refractivity contribution >= 4 is 11.0 Å². The minimum Gasteiger partial charge on any atom is -0.489 e. The Kier molecular flexibility index (Phi) is 7.36. The summed E-state index contributed by atoms with van der Waals surface area (Å²) >= 11 is 0. The molecule has 1 atom stereocenters. The first-order chi connectivity index (χ1) is 18.8. The fourth-order valence-corrected chi connectivity index (χ4v) is 5.02. The van der Waals surface area contributed by atoms with Gasteiger partial charge in [-0.1, -0.05) is 6.07 Å². The fraction of sp³-hybridized carbons (Fsp3) is 0.414. The van der Waals surface area contributed by atoms with Gasteiger partial charge in [0.1, 0.15) is 23.6 Å². The molecule has 2 fully saturated rings. The summed E-state index contributed by atoms with van der Waals surface area (Å²) in [7, 11) is 0. The average molecular weight is 514 g/mol. The van der Waals surface area contributed by atoms with Gasteiger partial charge in [0.2, 0.25) is 0 Å². The van der Waals surface area contributed by atoms with Crippen molar-refractivity contribution in [3.8, 4) is 34.1 Å². The lowest BCUT2D eigenvalue weighted by Crippen LogP contribution is -2.26. The molecule has 2 aliphatic rings. The molecule has 0 aliphatic carbocycles. The maximum Gasteiger partial charge on any atom is 0.157 e. The molecule has 4 aromatic rings. The van der Waals surface area contributed by atoms with Crippen LogP contribution in [-0.4, -0.2) is 58.6 Å². The van der Waals surface area contributed by atoms with Gasteiger partial charge in [0, 0.05) is 60.1 Å². The van der Waals surface area contributed by atoms with E-state index in [1.165, 1.54) is 0 Å². The molecule has 0 spiro atoms. The van der Waals surface area contributed by atoms with Gasteiger partial charge in [-0.15, -0.1) is 0 Å². The number of rotatable bonds is 8. The van der Waals surface area contributed by atoms with Crippen LogP contribution in [0.5, 0.6) is 5.75 Å². The zero-order chi connectivity index (χ0) is 25.7. The first-order valence-corrected chi connectivity index (χ1v) is 13.3. The molecule has 1 aromatic carbocycles. The normalized spacial score (nSPS) is 18.4. The Bertz CT molecular complexity index is 1430. The highest BCUT2D eigenvalue weighted by molar-refractivity contribution is 5.96. The molecule has 9 nitrogen and oxygen atoms in total. The van der Waals surface area contributed by atoms with E-state index in [1.54, 1.807) is 0 Å². The second-order valence-corrected chi connectivity index (χ2v) is 9.73. The number of benzene rings is 1. The Morgan fingerprint density at radius 2 is 1.97 bits per heavy atom. The van der Waals surface area contributed by atoms with Crippen molar-refractivity contribution in [1.82, 2.24) is 19.7 Å². The molecule has 2 saturated heterocycles. The van der Waals surface area contributed by atoms with E-state index in [9.17, 15) is 5.26 Å². The molecule has 9 heteroatoms. The van der Waals surface area contributed by atoms with Crippen LogP contribution < -0.4 is 4.74 Å². The maximum absolute atomic E-state index is 9.81. The number of pyridine rings is 1. The zero-order valence-electron chi connectivity index (χ0n) is 21.3. The van der Waals surface area contributed by atoms with Crippen LogP contribution in [-0.2, 0) is 20.8 Å². The number of aromatic amines is 1. The van der Waals surface area contributed by atoms with Crippen molar-refractivity contribution in [3.63, 3.8) is 0 Å². The summed E-state index contributed by atoms with van der Waals surface area (Å²) in [6.07, 6.45) is 12.5. The fourth-order valence-electron chi connectivity index (χ4n) is 5.02. The molecule has 0 amide bonds. The van der Waals surface area contributed by atoms with Gasteiger partial charge >= 0.3 is 0 Å². The van der Waals surface area contributed by atoms with Gasteiger partial charge in [0.05, 0.1) is 38.1 Å². The molecule has 1 N–H and O–H groups in total. The highest BCUT2D eigenvalue weighted by Crippen LogP contribution is 2.34. The van der Waals surface area contributed by atoms with Crippen LogP contribution in [0, 0.1) is 11.3 Å². The number of hydrogen-bond donors (Lipinski definition) is 1. The van der Waals surface area contributed by atoms with Gasteiger partial charge in [-0.3, -0.25) is 4.68 Å². The third kappa shape index (κ3) is 5.43. The standard InChI is InChI=1S/C29H31N5O4/c30-15-21-13-20(4-5-27(21)38-24-6-10-35-11-7-24)26-18-32-29-25(26)14-22(16-31-29)23-17-33-34(19-23)8-12-37-28-3-1-2-9-36-28/h4-5,13-14,16-19,24,28H,1-3,6-12H2,(H,31,32). The largest absolute Gasteiger partial charge is 0.489 e. The van der Waals surface area contributed by atoms with Crippen molar-refractivity contribution in [2.45, 2.75) is 51.0 Å². The number of H-pyrrole nitrogens is 1. The maximum atomic E-state index is 9.81. The van der Waals surface area contributed by atoms with Crippen molar-refractivity contribution in [3.05, 3.63) is 54.6 Å². The lowest BCUT2D eigenvalue weighted by molar-refractivity contribution is -0.163. The highest BCUT2D eigenvalue weighted by Gasteiger charge is 2.18. The number of nitrogens with zero attached hydrogens (tertiary/aromatic N) is 4. The molecule has 0 radical (unpaired) electrons. The van der Waals surface area contributed by atoms with E-state index in [2.05, 4.69) is 27.2 Å². The van der Waals surface area contributed by atoms with Crippen LogP contribution in [0.3, 0.4) is 0 Å². The molecular weight excluding hydrogens is 482 g/mol. The van der Waals surface area contributed by atoms with E-state index in [-0.39, 0.29) is 12.4 Å². The van der Waals surface area contributed by atoms with Crippen LogP contribution in [0.4, 0.5) is 0 Å². The van der Waals surface area contributed by atoms with Crippen molar-refractivity contribution in [2.24, 2.45) is 0 Å². The molecule has 0 bridgehead atoms. The summed E-state index contributed by atoms with van der Waals surface area (Å²) in [5.41, 5.74) is 5.19. The van der Waals surface area contributed by atoms with Crippen LogP contribution in [0.2, 0.25) is 0 Å². The Balaban J connectivity index is 1.19. The van der Waals surface area contributed by atoms with E-state index >= 15 is 0 Å². The van der Waals surface area contributed by atoms with Crippen molar-refractivity contribution < 1.29 is 18.9 Å². The van der Waals surface area contributed by atoms with Crippen LogP contribution >= 0.6 is 0 Å². The van der Waals surface area contributed by atoms with E-state index in [0.29, 0.717) is 37.7 Å². The van der Waals surface area contributed by atoms with E-state index in [0.717, 1.165) is 72.0 Å². The topological polar surface area (TPSA) is 107 Å². The Hall–Kier alpha value is -3.71. The van der Waals surface area contributed by atoms with E-state index in [1.807, 2.05) is 47.7 Å². The van der Waals surface area contributed by atoms with E-state index in [4.69, 9.17) is 18.9 Å². The molecule has 6 rings (SSSR count). The second kappa shape index (κ2) is 11.4. The van der Waals surface area contributed by atoms with Gasteiger partial charge in [0.15, 0.2) is 6.29 Å². The van der Waals surface area contributed by atoms with Gasteiger partial charge in [-0.05, 0) is 43.0 Å². The zero-order valence-corrected chi connectivity index (χ0v) is 21.3. The molecule has 196 valence electrons. The quantitative estimate of drug-likeness (QED) is 0.351. The minimum atomic E-state index is -0.0959. The first-order valence-electron chi connectivity index (χ1n) is 13.3.